The van der Waals surface area contributed by atoms with E-state index in [-0.39, 0.29) is 0 Å². The molecule has 0 amide bonds. The Morgan fingerprint density at radius 1 is 1.11 bits per heavy atom. The van der Waals surface area contributed by atoms with Gasteiger partial charge in [0, 0.05) is 0 Å². The summed E-state index contributed by atoms with van der Waals surface area (Å²) in [5.41, 5.74) is 1.59. The first kappa shape index (κ1) is 14.3. The van der Waals surface area contributed by atoms with Crippen molar-refractivity contribution < 1.29 is 9.63 Å². The molecule has 0 fully saturated rings. The van der Waals surface area contributed by atoms with Crippen LogP contribution in [-0.4, -0.2) is 38.8 Å². The molecule has 0 saturated carbocycles. The van der Waals surface area contributed by atoms with Gasteiger partial charge in [-0.1, -0.05) is 14.1 Å². The lowest BCUT2D eigenvalue weighted by Gasteiger charge is -1.83. The second kappa shape index (κ2) is 7.56. The Morgan fingerprint density at radius 2 is 1.67 bits per heavy atom. The van der Waals surface area contributed by atoms with Crippen LogP contribution in [0.4, 0.5) is 0 Å². The summed E-state index contributed by atoms with van der Waals surface area (Å²) >= 11 is 2.42. The largest absolute Gasteiger partial charge is 0.399 e. The van der Waals surface area contributed by atoms with Gasteiger partial charge in [-0.05, 0) is 36.9 Å². The molecule has 0 unspecified atom stereocenters. The summed E-state index contributed by atoms with van der Waals surface area (Å²) in [4.78, 5) is 16.1. The number of aromatic nitrogens is 4. The van der Waals surface area contributed by atoms with Crippen molar-refractivity contribution >= 4 is 35.6 Å². The Morgan fingerprint density at radius 3 is 2.00 bits per heavy atom. The van der Waals surface area contributed by atoms with E-state index >= 15 is 0 Å². The first-order valence-electron chi connectivity index (χ1n) is 4.78. The maximum atomic E-state index is 10.0. The van der Waals surface area contributed by atoms with Crippen LogP contribution in [0.15, 0.2) is 5.16 Å². The minimum atomic E-state index is 0.616. The summed E-state index contributed by atoms with van der Waals surface area (Å²) in [6, 6.07) is 0. The maximum absolute atomic E-state index is 10.0. The van der Waals surface area contributed by atoms with E-state index in [1.54, 1.807) is 13.1 Å². The van der Waals surface area contributed by atoms with Gasteiger partial charge in [-0.3, -0.25) is 4.79 Å². The molecule has 18 heavy (non-hydrogen) atoms. The molecule has 9 heteroatoms. The lowest BCUT2D eigenvalue weighted by molar-refractivity contribution is 0.112. The van der Waals surface area contributed by atoms with Crippen LogP contribution in [0, 0.1) is 13.8 Å². The first-order valence-corrected chi connectivity index (χ1v) is 6.33. The molecule has 0 spiro atoms. The van der Waals surface area contributed by atoms with E-state index in [2.05, 4.69) is 29.2 Å². The third kappa shape index (κ3) is 4.26. The summed E-state index contributed by atoms with van der Waals surface area (Å²) in [7, 11) is 1.50. The number of hydrogen-bond acceptors (Lipinski definition) is 9. The number of hydrogen-bond donors (Lipinski definition) is 0. The van der Waals surface area contributed by atoms with Gasteiger partial charge in [-0.15, -0.1) is 10.2 Å². The van der Waals surface area contributed by atoms with Crippen LogP contribution >= 0.6 is 23.1 Å². The molecule has 0 bridgehead atoms. The molecule has 7 nitrogen and oxygen atoms in total. The van der Waals surface area contributed by atoms with Gasteiger partial charge in [0.15, 0.2) is 6.29 Å². The monoisotopic (exact) mass is 285 g/mol. The van der Waals surface area contributed by atoms with Gasteiger partial charge >= 0.3 is 0 Å². The van der Waals surface area contributed by atoms with E-state index in [9.17, 15) is 4.79 Å². The van der Waals surface area contributed by atoms with Crippen LogP contribution in [0.3, 0.4) is 0 Å². The number of rotatable bonds is 3. The molecule has 0 N–H and O–H groups in total. The van der Waals surface area contributed by atoms with Gasteiger partial charge in [-0.2, -0.15) is 0 Å². The fraction of sp³-hybridized carbons (Fsp3) is 0.333. The van der Waals surface area contributed by atoms with Gasteiger partial charge in [0.2, 0.25) is 0 Å². The lowest BCUT2D eigenvalue weighted by Crippen LogP contribution is -1.80. The van der Waals surface area contributed by atoms with Gasteiger partial charge in [0.05, 0.1) is 22.5 Å². The van der Waals surface area contributed by atoms with Gasteiger partial charge < -0.3 is 4.84 Å². The zero-order valence-corrected chi connectivity index (χ0v) is 11.7. The van der Waals surface area contributed by atoms with Crippen LogP contribution in [0.5, 0.6) is 0 Å². The van der Waals surface area contributed by atoms with Crippen LogP contribution in [0.2, 0.25) is 0 Å². The quantitative estimate of drug-likeness (QED) is 0.482. The van der Waals surface area contributed by atoms with Crippen molar-refractivity contribution in [2.45, 2.75) is 13.8 Å². The molecular formula is C9H11N5O2S2. The summed E-state index contributed by atoms with van der Waals surface area (Å²) in [5, 5.41) is 11.0. The van der Waals surface area contributed by atoms with Crippen molar-refractivity contribution in [1.82, 2.24) is 19.2 Å². The Labute approximate surface area is 112 Å². The molecule has 2 aromatic rings. The van der Waals surface area contributed by atoms with Crippen LogP contribution in [0.1, 0.15) is 25.9 Å². The highest BCUT2D eigenvalue weighted by molar-refractivity contribution is 7.07. The first-order chi connectivity index (χ1) is 8.69. The van der Waals surface area contributed by atoms with Crippen LogP contribution < -0.4 is 0 Å². The summed E-state index contributed by atoms with van der Waals surface area (Å²) < 4.78 is 7.27. The molecule has 0 aliphatic carbocycles. The second-order valence-electron chi connectivity index (χ2n) is 2.98. The Bertz CT molecular complexity index is 523. The molecule has 2 heterocycles. The molecule has 0 aromatic carbocycles. The van der Waals surface area contributed by atoms with E-state index in [0.717, 1.165) is 28.4 Å². The number of aldehydes is 1. The predicted octanol–water partition coefficient (Wildman–Crippen LogP) is 1.49. The van der Waals surface area contributed by atoms with Gasteiger partial charge in [-0.25, -0.2) is 0 Å². The molecule has 0 saturated heterocycles. The maximum Gasteiger partial charge on any atom is 0.163 e. The minimum absolute atomic E-state index is 0.616. The Hall–Kier alpha value is -1.74. The van der Waals surface area contributed by atoms with E-state index in [1.807, 2.05) is 6.92 Å². The summed E-state index contributed by atoms with van der Waals surface area (Å²) in [6.07, 6.45) is 2.36. The van der Waals surface area contributed by atoms with Crippen molar-refractivity contribution in [2.75, 3.05) is 7.11 Å². The number of carbonyl (C=O) groups excluding carboxylic acids is 1. The van der Waals surface area contributed by atoms with Crippen LogP contribution in [-0.2, 0) is 4.84 Å². The topological polar surface area (TPSA) is 90.2 Å². The highest BCUT2D eigenvalue weighted by Crippen LogP contribution is 2.04. The van der Waals surface area contributed by atoms with Gasteiger partial charge in [0.1, 0.15) is 12.0 Å². The molecule has 0 aliphatic rings. The smallest absolute Gasteiger partial charge is 0.163 e. The number of carbonyl (C=O) groups is 1. The Kier molecular flexibility index (Phi) is 6.01. The number of nitrogens with zero attached hydrogens (tertiary/aromatic N) is 5. The average molecular weight is 285 g/mol. The van der Waals surface area contributed by atoms with Crippen molar-refractivity contribution in [1.29, 1.82) is 0 Å². The van der Waals surface area contributed by atoms with Crippen molar-refractivity contribution in [3.05, 3.63) is 21.1 Å². The molecule has 2 aromatic heterocycles. The zero-order valence-electron chi connectivity index (χ0n) is 10.0. The third-order valence-corrected chi connectivity index (χ3v) is 3.27. The zero-order chi connectivity index (χ0) is 13.4. The summed E-state index contributed by atoms with van der Waals surface area (Å²) in [6.45, 7) is 3.63. The van der Waals surface area contributed by atoms with Crippen LogP contribution in [0.25, 0.3) is 0 Å². The lowest BCUT2D eigenvalue weighted by atomic mass is 10.4. The third-order valence-electron chi connectivity index (χ3n) is 1.76. The fourth-order valence-corrected chi connectivity index (χ4v) is 1.79. The van der Waals surface area contributed by atoms with E-state index in [4.69, 9.17) is 0 Å². The fourth-order valence-electron chi connectivity index (χ4n) is 0.806. The van der Waals surface area contributed by atoms with E-state index in [1.165, 1.54) is 18.6 Å². The van der Waals surface area contributed by atoms with E-state index < -0.39 is 0 Å². The Balaban J connectivity index is 0.000000184. The highest BCUT2D eigenvalue weighted by Gasteiger charge is 1.98. The van der Waals surface area contributed by atoms with Gasteiger partial charge in [0.25, 0.3) is 0 Å². The standard InChI is InChI=1S/C5H7N3OS.C4H4N2OS/c1-4-5(3-6-9-2)10-8-7-4;1-3-4(2-7)8-6-5-3/h3H,1-2H3;2H,1H3/b6-3+;. The SMILES string of the molecule is CO/N=C/c1snnc1C.Cc1nnsc1C=O. The average Bonchev–Trinajstić information content (AvgIpc) is 2.96. The molecule has 0 aliphatic heterocycles. The number of oxime groups is 1. The van der Waals surface area contributed by atoms with Crippen molar-refractivity contribution in [3.63, 3.8) is 0 Å². The van der Waals surface area contributed by atoms with Crippen molar-refractivity contribution in [2.24, 2.45) is 5.16 Å². The molecule has 0 radical (unpaired) electrons. The molecular weight excluding hydrogens is 274 g/mol. The minimum Gasteiger partial charge on any atom is -0.399 e. The predicted molar refractivity (Wildman–Crippen MR) is 69.3 cm³/mol. The number of aryl methyl sites for hydroxylation is 2. The van der Waals surface area contributed by atoms with Crippen molar-refractivity contribution in [3.8, 4) is 0 Å². The molecule has 2 rings (SSSR count). The highest BCUT2D eigenvalue weighted by atomic mass is 32.1. The molecule has 0 atom stereocenters. The molecule has 96 valence electrons. The normalized spacial score (nSPS) is 9.94. The second-order valence-corrected chi connectivity index (χ2v) is 4.55. The van der Waals surface area contributed by atoms with E-state index in [0.29, 0.717) is 10.6 Å². The summed E-state index contributed by atoms with van der Waals surface area (Å²) in [5.74, 6) is 0.